The summed E-state index contributed by atoms with van der Waals surface area (Å²) in [6.45, 7) is 3.87. The lowest BCUT2D eigenvalue weighted by Gasteiger charge is -2.06. The molecule has 0 fully saturated rings. The summed E-state index contributed by atoms with van der Waals surface area (Å²) in [5.74, 6) is 0.132. The third-order valence-electron chi connectivity index (χ3n) is 3.45. The molecule has 0 saturated carbocycles. The maximum absolute atomic E-state index is 12.1. The first-order valence-electron chi connectivity index (χ1n) is 7.31. The number of rotatable bonds is 3. The lowest BCUT2D eigenvalue weighted by molar-refractivity contribution is 0.0735. The zero-order valence-corrected chi connectivity index (χ0v) is 13.0. The van der Waals surface area contributed by atoms with Crippen LogP contribution in [0.3, 0.4) is 0 Å². The van der Waals surface area contributed by atoms with Crippen molar-refractivity contribution in [1.82, 2.24) is 10.2 Å². The van der Waals surface area contributed by atoms with Gasteiger partial charge in [-0.15, -0.1) is 0 Å². The molecule has 4 heteroatoms. The number of esters is 1. The minimum absolute atomic E-state index is 0.368. The topological polar surface area (TPSA) is 52.1 Å². The number of aryl methyl sites for hydroxylation is 2. The molecular weight excluding hydrogens is 288 g/mol. The Morgan fingerprint density at radius 1 is 0.826 bits per heavy atom. The van der Waals surface area contributed by atoms with Gasteiger partial charge in [-0.3, -0.25) is 0 Å². The van der Waals surface area contributed by atoms with Crippen LogP contribution in [0.15, 0.2) is 60.7 Å². The van der Waals surface area contributed by atoms with Gasteiger partial charge in [0, 0.05) is 5.56 Å². The molecule has 2 aromatic carbocycles. The van der Waals surface area contributed by atoms with E-state index in [0.29, 0.717) is 11.3 Å². The molecule has 0 aliphatic rings. The first kappa shape index (κ1) is 14.9. The van der Waals surface area contributed by atoms with E-state index in [1.165, 1.54) is 0 Å². The molecule has 4 nitrogen and oxygen atoms in total. The summed E-state index contributed by atoms with van der Waals surface area (Å²) < 4.78 is 5.38. The van der Waals surface area contributed by atoms with Crippen molar-refractivity contribution in [1.29, 1.82) is 0 Å². The summed E-state index contributed by atoms with van der Waals surface area (Å²) in [6, 6.07) is 18.3. The number of aromatic nitrogens is 2. The Morgan fingerprint density at radius 2 is 1.52 bits per heavy atom. The van der Waals surface area contributed by atoms with Crippen LogP contribution in [0.1, 0.15) is 21.6 Å². The Balaban J connectivity index is 1.73. The van der Waals surface area contributed by atoms with E-state index in [4.69, 9.17) is 4.74 Å². The van der Waals surface area contributed by atoms with Crippen LogP contribution < -0.4 is 4.74 Å². The SMILES string of the molecule is Cc1ccc(C(=O)Oc2ccc(-c3ccc(C)nn3)cc2)cc1. The van der Waals surface area contributed by atoms with Crippen LogP contribution in [-0.2, 0) is 0 Å². The van der Waals surface area contributed by atoms with Crippen LogP contribution in [0, 0.1) is 13.8 Å². The van der Waals surface area contributed by atoms with Gasteiger partial charge in [0.2, 0.25) is 0 Å². The van der Waals surface area contributed by atoms with Gasteiger partial charge in [-0.25, -0.2) is 4.79 Å². The zero-order valence-electron chi connectivity index (χ0n) is 13.0. The number of nitrogens with zero attached hydrogens (tertiary/aromatic N) is 2. The number of ether oxygens (including phenoxy) is 1. The summed E-state index contributed by atoms with van der Waals surface area (Å²) in [7, 11) is 0. The molecule has 3 rings (SSSR count). The highest BCUT2D eigenvalue weighted by Crippen LogP contribution is 2.21. The second kappa shape index (κ2) is 6.40. The molecule has 0 saturated heterocycles. The molecule has 114 valence electrons. The largest absolute Gasteiger partial charge is 0.423 e. The molecule has 0 amide bonds. The Kier molecular flexibility index (Phi) is 4.15. The average Bonchev–Trinajstić information content (AvgIpc) is 2.57. The highest BCUT2D eigenvalue weighted by Gasteiger charge is 2.08. The molecule has 0 unspecified atom stereocenters. The summed E-state index contributed by atoms with van der Waals surface area (Å²) in [5.41, 5.74) is 4.21. The third-order valence-corrected chi connectivity index (χ3v) is 3.45. The normalized spacial score (nSPS) is 10.3. The molecule has 0 spiro atoms. The molecule has 0 radical (unpaired) electrons. The second-order valence-corrected chi connectivity index (χ2v) is 5.34. The fraction of sp³-hybridized carbons (Fsp3) is 0.105. The van der Waals surface area contributed by atoms with Gasteiger partial charge < -0.3 is 4.74 Å². The highest BCUT2D eigenvalue weighted by molar-refractivity contribution is 5.91. The Bertz CT molecular complexity index is 807. The van der Waals surface area contributed by atoms with Gasteiger partial charge in [-0.1, -0.05) is 17.7 Å². The lowest BCUT2D eigenvalue weighted by Crippen LogP contribution is -2.08. The standard InChI is InChI=1S/C19H16N2O2/c1-13-3-6-16(7-4-13)19(22)23-17-10-8-15(9-11-17)18-12-5-14(2)20-21-18/h3-12H,1-2H3. The van der Waals surface area contributed by atoms with Gasteiger partial charge in [0.25, 0.3) is 0 Å². The van der Waals surface area contributed by atoms with E-state index in [0.717, 1.165) is 22.5 Å². The van der Waals surface area contributed by atoms with E-state index in [2.05, 4.69) is 10.2 Å². The van der Waals surface area contributed by atoms with Crippen molar-refractivity contribution in [2.45, 2.75) is 13.8 Å². The first-order valence-corrected chi connectivity index (χ1v) is 7.31. The van der Waals surface area contributed by atoms with E-state index in [-0.39, 0.29) is 5.97 Å². The lowest BCUT2D eigenvalue weighted by atomic mass is 10.1. The molecular formula is C19H16N2O2. The fourth-order valence-corrected chi connectivity index (χ4v) is 2.10. The van der Waals surface area contributed by atoms with Gasteiger partial charge in [-0.2, -0.15) is 10.2 Å². The van der Waals surface area contributed by atoms with E-state index in [1.54, 1.807) is 24.3 Å². The maximum atomic E-state index is 12.1. The van der Waals surface area contributed by atoms with Crippen LogP contribution in [0.2, 0.25) is 0 Å². The molecule has 0 aliphatic heterocycles. The van der Waals surface area contributed by atoms with Crippen molar-refractivity contribution >= 4 is 5.97 Å². The van der Waals surface area contributed by atoms with Crippen LogP contribution in [0.5, 0.6) is 5.75 Å². The molecule has 0 aliphatic carbocycles. The van der Waals surface area contributed by atoms with Crippen molar-refractivity contribution in [3.05, 3.63) is 77.5 Å². The number of benzene rings is 2. The van der Waals surface area contributed by atoms with Gasteiger partial charge in [0.1, 0.15) is 5.75 Å². The monoisotopic (exact) mass is 304 g/mol. The molecule has 0 atom stereocenters. The third kappa shape index (κ3) is 3.61. The Labute approximate surface area is 134 Å². The smallest absolute Gasteiger partial charge is 0.343 e. The summed E-state index contributed by atoms with van der Waals surface area (Å²) in [4.78, 5) is 12.1. The summed E-state index contributed by atoms with van der Waals surface area (Å²) in [5, 5.41) is 8.17. The molecule has 3 aromatic rings. The highest BCUT2D eigenvalue weighted by atomic mass is 16.5. The predicted molar refractivity (Wildman–Crippen MR) is 88.3 cm³/mol. The number of hydrogen-bond acceptors (Lipinski definition) is 4. The van der Waals surface area contributed by atoms with E-state index >= 15 is 0 Å². The quantitative estimate of drug-likeness (QED) is 0.542. The Hall–Kier alpha value is -3.01. The maximum Gasteiger partial charge on any atom is 0.343 e. The van der Waals surface area contributed by atoms with Crippen molar-refractivity contribution < 1.29 is 9.53 Å². The minimum Gasteiger partial charge on any atom is -0.423 e. The molecule has 0 N–H and O–H groups in total. The minimum atomic E-state index is -0.368. The number of carbonyl (C=O) groups excluding carboxylic acids is 1. The van der Waals surface area contributed by atoms with Gasteiger partial charge in [-0.05, 0) is 62.4 Å². The summed E-state index contributed by atoms with van der Waals surface area (Å²) in [6.07, 6.45) is 0. The zero-order chi connectivity index (χ0) is 16.2. The van der Waals surface area contributed by atoms with Crippen LogP contribution in [0.4, 0.5) is 0 Å². The average molecular weight is 304 g/mol. The van der Waals surface area contributed by atoms with Gasteiger partial charge in [0.05, 0.1) is 17.0 Å². The van der Waals surface area contributed by atoms with Crippen LogP contribution >= 0.6 is 0 Å². The predicted octanol–water partition coefficient (Wildman–Crippen LogP) is 3.98. The van der Waals surface area contributed by atoms with E-state index in [1.807, 2.05) is 50.2 Å². The number of carbonyl (C=O) groups is 1. The van der Waals surface area contributed by atoms with Crippen LogP contribution in [0.25, 0.3) is 11.3 Å². The Morgan fingerprint density at radius 3 is 2.13 bits per heavy atom. The van der Waals surface area contributed by atoms with Crippen molar-refractivity contribution in [3.8, 4) is 17.0 Å². The second-order valence-electron chi connectivity index (χ2n) is 5.34. The van der Waals surface area contributed by atoms with E-state index in [9.17, 15) is 4.79 Å². The van der Waals surface area contributed by atoms with Crippen LogP contribution in [-0.4, -0.2) is 16.2 Å². The van der Waals surface area contributed by atoms with Crippen molar-refractivity contribution in [3.63, 3.8) is 0 Å². The molecule has 0 bridgehead atoms. The van der Waals surface area contributed by atoms with Crippen molar-refractivity contribution in [2.75, 3.05) is 0 Å². The molecule has 1 aromatic heterocycles. The van der Waals surface area contributed by atoms with E-state index < -0.39 is 0 Å². The first-order chi connectivity index (χ1) is 11.1. The molecule has 23 heavy (non-hydrogen) atoms. The fourth-order valence-electron chi connectivity index (χ4n) is 2.10. The summed E-state index contributed by atoms with van der Waals surface area (Å²) >= 11 is 0. The molecule has 1 heterocycles. The van der Waals surface area contributed by atoms with Gasteiger partial charge in [0.15, 0.2) is 0 Å². The number of hydrogen-bond donors (Lipinski definition) is 0. The van der Waals surface area contributed by atoms with Gasteiger partial charge >= 0.3 is 5.97 Å². The van der Waals surface area contributed by atoms with Crippen molar-refractivity contribution in [2.24, 2.45) is 0 Å².